The molecule has 15 heavy (non-hydrogen) atoms. The molecule has 2 N–H and O–H groups in total. The molecule has 0 unspecified atom stereocenters. The lowest BCUT2D eigenvalue weighted by Crippen LogP contribution is -1.84. The third kappa shape index (κ3) is 6.08. The molecule has 0 saturated carbocycles. The molecule has 1 aromatic carbocycles. The zero-order valence-electron chi connectivity index (χ0n) is 10.4. The van der Waals surface area contributed by atoms with Crippen LogP contribution in [0.5, 0.6) is 0 Å². The van der Waals surface area contributed by atoms with Gasteiger partial charge in [-0.25, -0.2) is 0 Å². The van der Waals surface area contributed by atoms with Gasteiger partial charge in [0.25, 0.3) is 0 Å². The molecule has 0 atom stereocenters. The van der Waals surface area contributed by atoms with Gasteiger partial charge >= 0.3 is 0 Å². The van der Waals surface area contributed by atoms with Crippen molar-refractivity contribution in [3.63, 3.8) is 0 Å². The summed E-state index contributed by atoms with van der Waals surface area (Å²) < 4.78 is 0. The monoisotopic (exact) mass is 208 g/mol. The molecule has 86 valence electrons. The van der Waals surface area contributed by atoms with Gasteiger partial charge in [0.15, 0.2) is 0 Å². The summed E-state index contributed by atoms with van der Waals surface area (Å²) in [5.41, 5.74) is 3.94. The van der Waals surface area contributed by atoms with Gasteiger partial charge in [0, 0.05) is 0 Å². The molecule has 0 saturated heterocycles. The molecule has 0 bridgehead atoms. The van der Waals surface area contributed by atoms with Crippen molar-refractivity contribution in [3.05, 3.63) is 41.5 Å². The highest BCUT2D eigenvalue weighted by atomic mass is 16.0. The van der Waals surface area contributed by atoms with Gasteiger partial charge in [0.1, 0.15) is 0 Å². The van der Waals surface area contributed by atoms with Crippen molar-refractivity contribution >= 4 is 6.08 Å². The Balaban J connectivity index is 0. The van der Waals surface area contributed by atoms with Crippen LogP contribution in [0.2, 0.25) is 0 Å². The van der Waals surface area contributed by atoms with E-state index in [2.05, 4.69) is 52.5 Å². The summed E-state index contributed by atoms with van der Waals surface area (Å²) >= 11 is 0. The fourth-order valence-electron chi connectivity index (χ4n) is 1.13. The first-order valence-corrected chi connectivity index (χ1v) is 5.41. The van der Waals surface area contributed by atoms with E-state index < -0.39 is 0 Å². The van der Waals surface area contributed by atoms with Gasteiger partial charge in [-0.3, -0.25) is 0 Å². The second-order valence-electron chi connectivity index (χ2n) is 3.46. The fourth-order valence-corrected chi connectivity index (χ4v) is 1.13. The van der Waals surface area contributed by atoms with Gasteiger partial charge < -0.3 is 5.48 Å². The van der Waals surface area contributed by atoms with Crippen molar-refractivity contribution in [2.75, 3.05) is 0 Å². The fraction of sp³-hybridized carbons (Fsp3) is 0.429. The summed E-state index contributed by atoms with van der Waals surface area (Å²) in [6.45, 7) is 12.3. The van der Waals surface area contributed by atoms with Crippen molar-refractivity contribution < 1.29 is 5.48 Å². The topological polar surface area (TPSA) is 31.5 Å². The van der Waals surface area contributed by atoms with Crippen LogP contribution in [0.15, 0.2) is 24.8 Å². The van der Waals surface area contributed by atoms with Crippen LogP contribution in [-0.4, -0.2) is 5.48 Å². The number of hydrogen-bond donors (Lipinski definition) is 0. The molecule has 0 heterocycles. The van der Waals surface area contributed by atoms with Crippen LogP contribution in [0.25, 0.3) is 6.08 Å². The Hall–Kier alpha value is -1.08. The van der Waals surface area contributed by atoms with Crippen molar-refractivity contribution in [1.29, 1.82) is 0 Å². The first-order chi connectivity index (χ1) is 6.69. The van der Waals surface area contributed by atoms with Crippen LogP contribution < -0.4 is 0 Å². The van der Waals surface area contributed by atoms with Gasteiger partial charge in [0.05, 0.1) is 0 Å². The first kappa shape index (κ1) is 16.4. The lowest BCUT2D eigenvalue weighted by Gasteiger charge is -2.02. The number of rotatable bonds is 2. The van der Waals surface area contributed by atoms with Crippen LogP contribution in [0, 0.1) is 6.92 Å². The van der Waals surface area contributed by atoms with E-state index in [0.29, 0.717) is 0 Å². The summed E-state index contributed by atoms with van der Waals surface area (Å²) in [6.07, 6.45) is 4.26. The SMILES string of the molecule is C=Cc1cc(CC)ccc1C.CCC.O. The molecule has 0 aliphatic rings. The predicted molar refractivity (Wildman–Crippen MR) is 70.2 cm³/mol. The van der Waals surface area contributed by atoms with Gasteiger partial charge in [-0.15, -0.1) is 0 Å². The maximum atomic E-state index is 3.77. The van der Waals surface area contributed by atoms with Gasteiger partial charge in [-0.2, -0.15) is 0 Å². The first-order valence-electron chi connectivity index (χ1n) is 5.41. The highest BCUT2D eigenvalue weighted by molar-refractivity contribution is 5.52. The van der Waals surface area contributed by atoms with Crippen LogP contribution in [0.3, 0.4) is 0 Å². The number of benzene rings is 1. The normalized spacial score (nSPS) is 8.27. The largest absolute Gasteiger partial charge is 0.412 e. The van der Waals surface area contributed by atoms with Gasteiger partial charge in [-0.05, 0) is 30.0 Å². The Bertz CT molecular complexity index is 277. The molecule has 0 aromatic heterocycles. The molecule has 1 nitrogen and oxygen atoms in total. The molecule has 0 amide bonds. The molecule has 0 aliphatic carbocycles. The van der Waals surface area contributed by atoms with E-state index in [1.807, 2.05) is 6.08 Å². The lowest BCUT2D eigenvalue weighted by atomic mass is 10.0. The van der Waals surface area contributed by atoms with E-state index in [0.717, 1.165) is 6.42 Å². The Morgan fingerprint density at radius 3 is 2.13 bits per heavy atom. The lowest BCUT2D eigenvalue weighted by molar-refractivity contribution is 0.824. The standard InChI is InChI=1S/C11H14.C3H8.H2O/c1-4-10-7-6-9(3)11(5-2)8-10;1-3-2;/h5-8H,2,4H2,1,3H3;3H2,1-2H3;1H2. The van der Waals surface area contributed by atoms with Crippen LogP contribution in [-0.2, 0) is 6.42 Å². The summed E-state index contributed by atoms with van der Waals surface area (Å²) in [6, 6.07) is 6.51. The van der Waals surface area contributed by atoms with Gasteiger partial charge in [-0.1, -0.05) is 58.0 Å². The maximum absolute atomic E-state index is 3.77. The van der Waals surface area contributed by atoms with E-state index in [9.17, 15) is 0 Å². The Kier molecular flexibility index (Phi) is 10.3. The molecule has 1 aromatic rings. The molecule has 1 rings (SSSR count). The average molecular weight is 208 g/mol. The summed E-state index contributed by atoms with van der Waals surface area (Å²) in [4.78, 5) is 0. The van der Waals surface area contributed by atoms with Crippen LogP contribution in [0.1, 0.15) is 43.9 Å². The van der Waals surface area contributed by atoms with Crippen molar-refractivity contribution in [1.82, 2.24) is 0 Å². The van der Waals surface area contributed by atoms with E-state index in [1.54, 1.807) is 0 Å². The van der Waals surface area contributed by atoms with Crippen LogP contribution in [0.4, 0.5) is 0 Å². The highest BCUT2D eigenvalue weighted by Crippen LogP contribution is 2.12. The Morgan fingerprint density at radius 1 is 1.20 bits per heavy atom. The van der Waals surface area contributed by atoms with E-state index in [-0.39, 0.29) is 5.48 Å². The van der Waals surface area contributed by atoms with E-state index >= 15 is 0 Å². The molecule has 0 aliphatic heterocycles. The minimum Gasteiger partial charge on any atom is -0.412 e. The van der Waals surface area contributed by atoms with Crippen molar-refractivity contribution in [2.24, 2.45) is 0 Å². The summed E-state index contributed by atoms with van der Waals surface area (Å²) in [7, 11) is 0. The zero-order valence-corrected chi connectivity index (χ0v) is 10.4. The average Bonchev–Trinajstić information content (AvgIpc) is 2.20. The minimum absolute atomic E-state index is 0. The predicted octanol–water partition coefficient (Wildman–Crippen LogP) is 3.79. The Labute approximate surface area is 94.1 Å². The molecule has 0 fully saturated rings. The summed E-state index contributed by atoms with van der Waals surface area (Å²) in [5, 5.41) is 0. The van der Waals surface area contributed by atoms with E-state index in [1.165, 1.54) is 23.1 Å². The quantitative estimate of drug-likeness (QED) is 0.708. The highest BCUT2D eigenvalue weighted by Gasteiger charge is 1.93. The van der Waals surface area contributed by atoms with Crippen LogP contribution >= 0.6 is 0 Å². The van der Waals surface area contributed by atoms with Crippen molar-refractivity contribution in [3.8, 4) is 0 Å². The number of hydrogen-bond acceptors (Lipinski definition) is 0. The molecular weight excluding hydrogens is 184 g/mol. The Morgan fingerprint density at radius 2 is 1.73 bits per heavy atom. The second kappa shape index (κ2) is 9.47. The molecular formula is C14H24O. The summed E-state index contributed by atoms with van der Waals surface area (Å²) in [5.74, 6) is 0. The third-order valence-corrected chi connectivity index (χ3v) is 1.97. The smallest absolute Gasteiger partial charge is 0.0230 e. The second-order valence-corrected chi connectivity index (χ2v) is 3.46. The molecule has 0 spiro atoms. The van der Waals surface area contributed by atoms with E-state index in [4.69, 9.17) is 0 Å². The molecule has 0 radical (unpaired) electrons. The number of aryl methyl sites for hydroxylation is 2. The minimum atomic E-state index is 0. The maximum Gasteiger partial charge on any atom is -0.0230 e. The van der Waals surface area contributed by atoms with Gasteiger partial charge in [0.2, 0.25) is 0 Å². The zero-order chi connectivity index (χ0) is 11.0. The molecule has 1 heteroatoms. The third-order valence-electron chi connectivity index (χ3n) is 1.97. The van der Waals surface area contributed by atoms with Crippen molar-refractivity contribution in [2.45, 2.75) is 40.5 Å².